The first-order valence-corrected chi connectivity index (χ1v) is 9.12. The summed E-state index contributed by atoms with van der Waals surface area (Å²) in [6.45, 7) is 2.84. The molecule has 4 rings (SSSR count). The standard InChI is InChI=1S/C19H20ClN5O/c20-15-3-4-18(21-11-15)25-7-1-2-16(25)12-24-8-5-14(6-9-24)17-10-19(26)23-13-22-17/h1-4,7,10-11,13-14H,5-6,8-9,12H2,(H,22,23,26). The number of hydrogen-bond acceptors (Lipinski definition) is 4. The van der Waals surface area contributed by atoms with Crippen molar-refractivity contribution in [2.45, 2.75) is 25.3 Å². The van der Waals surface area contributed by atoms with Crippen molar-refractivity contribution >= 4 is 11.6 Å². The predicted octanol–water partition coefficient (Wildman–Crippen LogP) is 2.99. The van der Waals surface area contributed by atoms with Crippen molar-refractivity contribution in [2.75, 3.05) is 13.1 Å². The number of hydrogen-bond donors (Lipinski definition) is 1. The average Bonchev–Trinajstić information content (AvgIpc) is 3.11. The molecule has 1 aliphatic rings. The van der Waals surface area contributed by atoms with Gasteiger partial charge < -0.3 is 9.55 Å². The molecule has 4 heterocycles. The Kier molecular flexibility index (Phi) is 4.86. The maximum Gasteiger partial charge on any atom is 0.250 e. The normalized spacial score (nSPS) is 16.0. The van der Waals surface area contributed by atoms with Crippen LogP contribution in [-0.4, -0.2) is 37.5 Å². The fraction of sp³-hybridized carbons (Fsp3) is 0.316. The topological polar surface area (TPSA) is 66.8 Å². The van der Waals surface area contributed by atoms with Crippen LogP contribution in [0, 0.1) is 0 Å². The van der Waals surface area contributed by atoms with E-state index in [0.717, 1.165) is 44.0 Å². The summed E-state index contributed by atoms with van der Waals surface area (Å²) < 4.78 is 2.10. The summed E-state index contributed by atoms with van der Waals surface area (Å²) in [5.74, 6) is 1.23. The van der Waals surface area contributed by atoms with E-state index in [4.69, 9.17) is 11.6 Å². The van der Waals surface area contributed by atoms with Crippen LogP contribution in [-0.2, 0) is 6.54 Å². The highest BCUT2D eigenvalue weighted by atomic mass is 35.5. The molecular weight excluding hydrogens is 350 g/mol. The van der Waals surface area contributed by atoms with Crippen molar-refractivity contribution in [1.82, 2.24) is 24.4 Å². The molecule has 3 aromatic heterocycles. The second kappa shape index (κ2) is 7.43. The van der Waals surface area contributed by atoms with Gasteiger partial charge in [0.2, 0.25) is 0 Å². The molecule has 6 nitrogen and oxygen atoms in total. The first-order valence-electron chi connectivity index (χ1n) is 8.74. The van der Waals surface area contributed by atoms with Crippen LogP contribution < -0.4 is 5.56 Å². The molecule has 0 atom stereocenters. The molecular formula is C19H20ClN5O. The highest BCUT2D eigenvalue weighted by Gasteiger charge is 2.22. The maximum atomic E-state index is 11.5. The number of aromatic amines is 1. The number of nitrogens with zero attached hydrogens (tertiary/aromatic N) is 4. The molecule has 0 aromatic carbocycles. The van der Waals surface area contributed by atoms with Gasteiger partial charge >= 0.3 is 0 Å². The van der Waals surface area contributed by atoms with Crippen LogP contribution in [0.1, 0.15) is 30.1 Å². The SMILES string of the molecule is O=c1cc(C2CCN(Cc3cccn3-c3ccc(Cl)cn3)CC2)nc[nH]1. The van der Waals surface area contributed by atoms with Crippen LogP contribution in [0.2, 0.25) is 5.02 Å². The third kappa shape index (κ3) is 3.71. The highest BCUT2D eigenvalue weighted by Crippen LogP contribution is 2.27. The van der Waals surface area contributed by atoms with Crippen LogP contribution in [0.25, 0.3) is 5.82 Å². The van der Waals surface area contributed by atoms with E-state index in [9.17, 15) is 4.79 Å². The van der Waals surface area contributed by atoms with Gasteiger partial charge in [-0.3, -0.25) is 9.69 Å². The van der Waals surface area contributed by atoms with Gasteiger partial charge in [0.05, 0.1) is 17.0 Å². The van der Waals surface area contributed by atoms with Crippen LogP contribution in [0.3, 0.4) is 0 Å². The summed E-state index contributed by atoms with van der Waals surface area (Å²) in [5.41, 5.74) is 2.03. The average molecular weight is 370 g/mol. The van der Waals surface area contributed by atoms with E-state index < -0.39 is 0 Å². The van der Waals surface area contributed by atoms with Gasteiger partial charge in [0, 0.05) is 36.6 Å². The highest BCUT2D eigenvalue weighted by molar-refractivity contribution is 6.30. The molecule has 0 amide bonds. The zero-order valence-electron chi connectivity index (χ0n) is 14.3. The summed E-state index contributed by atoms with van der Waals surface area (Å²) in [5, 5.41) is 0.637. The molecule has 1 aliphatic heterocycles. The van der Waals surface area contributed by atoms with Gasteiger partial charge in [-0.2, -0.15) is 0 Å². The maximum absolute atomic E-state index is 11.5. The largest absolute Gasteiger partial charge is 0.313 e. The van der Waals surface area contributed by atoms with E-state index in [2.05, 4.69) is 30.5 Å². The van der Waals surface area contributed by atoms with Gasteiger partial charge in [-0.25, -0.2) is 9.97 Å². The van der Waals surface area contributed by atoms with E-state index in [-0.39, 0.29) is 5.56 Å². The van der Waals surface area contributed by atoms with Crippen molar-refractivity contribution in [3.8, 4) is 5.82 Å². The Morgan fingerprint density at radius 3 is 2.77 bits per heavy atom. The second-order valence-corrected chi connectivity index (χ2v) is 7.03. The molecule has 0 aliphatic carbocycles. The first-order chi connectivity index (χ1) is 12.7. The van der Waals surface area contributed by atoms with Crippen LogP contribution >= 0.6 is 11.6 Å². The summed E-state index contributed by atoms with van der Waals surface area (Å²) in [7, 11) is 0. The Morgan fingerprint density at radius 1 is 1.19 bits per heavy atom. The van der Waals surface area contributed by atoms with Gasteiger partial charge in [0.1, 0.15) is 5.82 Å². The fourth-order valence-corrected chi connectivity index (χ4v) is 3.61. The van der Waals surface area contributed by atoms with E-state index in [1.54, 1.807) is 12.3 Å². The minimum Gasteiger partial charge on any atom is -0.313 e. The fourth-order valence-electron chi connectivity index (χ4n) is 3.50. The van der Waals surface area contributed by atoms with Crippen LogP contribution in [0.4, 0.5) is 0 Å². The molecule has 0 bridgehead atoms. The number of aromatic nitrogens is 4. The van der Waals surface area contributed by atoms with Crippen molar-refractivity contribution in [1.29, 1.82) is 0 Å². The number of halogens is 1. The molecule has 0 unspecified atom stereocenters. The number of likely N-dealkylation sites (tertiary alicyclic amines) is 1. The van der Waals surface area contributed by atoms with Crippen molar-refractivity contribution in [3.63, 3.8) is 0 Å². The van der Waals surface area contributed by atoms with E-state index in [1.165, 1.54) is 12.0 Å². The van der Waals surface area contributed by atoms with E-state index in [1.807, 2.05) is 24.4 Å². The molecule has 26 heavy (non-hydrogen) atoms. The lowest BCUT2D eigenvalue weighted by molar-refractivity contribution is 0.200. The number of pyridine rings is 1. The number of nitrogens with one attached hydrogen (secondary N) is 1. The molecule has 0 saturated carbocycles. The van der Waals surface area contributed by atoms with Gasteiger partial charge in [-0.05, 0) is 50.2 Å². The van der Waals surface area contributed by atoms with E-state index in [0.29, 0.717) is 10.9 Å². The monoisotopic (exact) mass is 369 g/mol. The van der Waals surface area contributed by atoms with Crippen LogP contribution in [0.5, 0.6) is 0 Å². The Hall–Kier alpha value is -2.44. The van der Waals surface area contributed by atoms with Crippen molar-refractivity contribution in [3.05, 3.63) is 75.8 Å². The minimum atomic E-state index is -0.0780. The number of H-pyrrole nitrogens is 1. The summed E-state index contributed by atoms with van der Waals surface area (Å²) >= 11 is 5.94. The van der Waals surface area contributed by atoms with Crippen molar-refractivity contribution in [2.24, 2.45) is 0 Å². The van der Waals surface area contributed by atoms with Crippen LogP contribution in [0.15, 0.2) is 53.8 Å². The molecule has 1 saturated heterocycles. The Bertz CT molecular complexity index is 925. The molecule has 0 radical (unpaired) electrons. The third-order valence-corrected chi connectivity index (χ3v) is 5.11. The number of piperidine rings is 1. The molecule has 134 valence electrons. The lowest BCUT2D eigenvalue weighted by atomic mass is 9.93. The second-order valence-electron chi connectivity index (χ2n) is 6.59. The Labute approximate surface area is 156 Å². The molecule has 1 fully saturated rings. The predicted molar refractivity (Wildman–Crippen MR) is 101 cm³/mol. The van der Waals surface area contributed by atoms with Gasteiger partial charge in [-0.1, -0.05) is 11.6 Å². The Balaban J connectivity index is 1.42. The van der Waals surface area contributed by atoms with Gasteiger partial charge in [-0.15, -0.1) is 0 Å². The van der Waals surface area contributed by atoms with Crippen molar-refractivity contribution < 1.29 is 0 Å². The molecule has 3 aromatic rings. The smallest absolute Gasteiger partial charge is 0.250 e. The zero-order chi connectivity index (χ0) is 17.9. The molecule has 0 spiro atoms. The lowest BCUT2D eigenvalue weighted by Gasteiger charge is -2.31. The van der Waals surface area contributed by atoms with Gasteiger partial charge in [0.25, 0.3) is 5.56 Å². The Morgan fingerprint density at radius 2 is 2.04 bits per heavy atom. The van der Waals surface area contributed by atoms with E-state index >= 15 is 0 Å². The zero-order valence-corrected chi connectivity index (χ0v) is 15.1. The summed E-state index contributed by atoms with van der Waals surface area (Å²) in [6, 6.07) is 9.57. The third-order valence-electron chi connectivity index (χ3n) is 4.88. The quantitative estimate of drug-likeness (QED) is 0.767. The molecule has 7 heteroatoms. The van der Waals surface area contributed by atoms with Gasteiger partial charge in [0.15, 0.2) is 0 Å². The first kappa shape index (κ1) is 17.0. The minimum absolute atomic E-state index is 0.0780. The number of rotatable bonds is 4. The lowest BCUT2D eigenvalue weighted by Crippen LogP contribution is -2.33. The summed E-state index contributed by atoms with van der Waals surface area (Å²) in [6.07, 6.45) is 7.21. The summed E-state index contributed by atoms with van der Waals surface area (Å²) in [4.78, 5) is 25.2. The molecule has 1 N–H and O–H groups in total.